The van der Waals surface area contributed by atoms with E-state index in [9.17, 15) is 9.59 Å². The smallest absolute Gasteiger partial charge is 0.227 e. The summed E-state index contributed by atoms with van der Waals surface area (Å²) in [5.74, 6) is 0.422. The van der Waals surface area contributed by atoms with Crippen molar-refractivity contribution in [2.45, 2.75) is 25.7 Å². The van der Waals surface area contributed by atoms with Crippen LogP contribution < -0.4 is 15.0 Å². The van der Waals surface area contributed by atoms with Crippen LogP contribution in [-0.4, -0.2) is 31.5 Å². The van der Waals surface area contributed by atoms with Gasteiger partial charge in [0.1, 0.15) is 12.4 Å². The van der Waals surface area contributed by atoms with Crippen LogP contribution in [0.5, 0.6) is 5.75 Å². The largest absolute Gasteiger partial charge is 0.492 e. The summed E-state index contributed by atoms with van der Waals surface area (Å²) in [4.78, 5) is 26.6. The molecule has 2 amide bonds. The SMILES string of the molecule is O=C(NCCOc1ccccc1)C1CC(=O)N(c2ccc3c(c2)CCC3)C1. The van der Waals surface area contributed by atoms with Crippen LogP contribution in [0.2, 0.25) is 0 Å². The average molecular weight is 364 g/mol. The Morgan fingerprint density at radius 2 is 1.93 bits per heavy atom. The van der Waals surface area contributed by atoms with Crippen LogP contribution in [0.1, 0.15) is 24.0 Å². The molecule has 5 heteroatoms. The molecule has 1 fully saturated rings. The highest BCUT2D eigenvalue weighted by Gasteiger charge is 2.35. The maximum Gasteiger partial charge on any atom is 0.227 e. The van der Waals surface area contributed by atoms with E-state index in [0.29, 0.717) is 19.7 Å². The van der Waals surface area contributed by atoms with E-state index in [0.717, 1.165) is 24.3 Å². The van der Waals surface area contributed by atoms with Gasteiger partial charge in [0, 0.05) is 18.7 Å². The maximum atomic E-state index is 12.4. The van der Waals surface area contributed by atoms with Crippen molar-refractivity contribution in [1.82, 2.24) is 5.32 Å². The highest BCUT2D eigenvalue weighted by atomic mass is 16.5. The van der Waals surface area contributed by atoms with Gasteiger partial charge < -0.3 is 15.0 Å². The first kappa shape index (κ1) is 17.6. The fraction of sp³-hybridized carbons (Fsp3) is 0.364. The second kappa shape index (κ2) is 7.82. The van der Waals surface area contributed by atoms with E-state index in [1.165, 1.54) is 17.5 Å². The molecule has 2 aromatic rings. The lowest BCUT2D eigenvalue weighted by atomic mass is 10.1. The minimum absolute atomic E-state index is 0.0219. The van der Waals surface area contributed by atoms with Gasteiger partial charge in [0.15, 0.2) is 0 Å². The van der Waals surface area contributed by atoms with Gasteiger partial charge in [0.05, 0.1) is 12.5 Å². The third-order valence-corrected chi connectivity index (χ3v) is 5.30. The Kier molecular flexibility index (Phi) is 5.10. The van der Waals surface area contributed by atoms with E-state index in [1.54, 1.807) is 4.90 Å². The molecule has 1 atom stereocenters. The lowest BCUT2D eigenvalue weighted by Gasteiger charge is -2.18. The van der Waals surface area contributed by atoms with Gasteiger partial charge in [-0.25, -0.2) is 0 Å². The summed E-state index contributed by atoms with van der Waals surface area (Å²) in [7, 11) is 0. The lowest BCUT2D eigenvalue weighted by molar-refractivity contribution is -0.126. The fourth-order valence-electron chi connectivity index (χ4n) is 3.86. The second-order valence-electron chi connectivity index (χ2n) is 7.16. The lowest BCUT2D eigenvalue weighted by Crippen LogP contribution is -2.35. The Hall–Kier alpha value is -2.82. The van der Waals surface area contributed by atoms with E-state index in [1.807, 2.05) is 36.4 Å². The molecule has 1 saturated heterocycles. The van der Waals surface area contributed by atoms with Crippen molar-refractivity contribution in [2.24, 2.45) is 5.92 Å². The highest BCUT2D eigenvalue weighted by Crippen LogP contribution is 2.30. The molecule has 5 nitrogen and oxygen atoms in total. The van der Waals surface area contributed by atoms with Crippen molar-refractivity contribution >= 4 is 17.5 Å². The number of rotatable bonds is 6. The minimum Gasteiger partial charge on any atom is -0.492 e. The number of para-hydroxylation sites is 1. The number of ether oxygens (including phenoxy) is 1. The van der Waals surface area contributed by atoms with Crippen LogP contribution in [0.25, 0.3) is 0 Å². The van der Waals surface area contributed by atoms with Gasteiger partial charge >= 0.3 is 0 Å². The molecular weight excluding hydrogens is 340 g/mol. The quantitative estimate of drug-likeness (QED) is 0.802. The number of amides is 2. The van der Waals surface area contributed by atoms with E-state index >= 15 is 0 Å². The molecule has 27 heavy (non-hydrogen) atoms. The number of aryl methyl sites for hydroxylation is 2. The van der Waals surface area contributed by atoms with E-state index < -0.39 is 0 Å². The number of nitrogens with zero attached hydrogens (tertiary/aromatic N) is 1. The molecule has 1 aliphatic carbocycles. The number of hydrogen-bond acceptors (Lipinski definition) is 3. The first-order chi connectivity index (χ1) is 13.2. The summed E-state index contributed by atoms with van der Waals surface area (Å²) in [6, 6.07) is 15.8. The highest BCUT2D eigenvalue weighted by molar-refractivity contribution is 6.00. The number of anilines is 1. The first-order valence-corrected chi connectivity index (χ1v) is 9.58. The van der Waals surface area contributed by atoms with Crippen molar-refractivity contribution < 1.29 is 14.3 Å². The van der Waals surface area contributed by atoms with Crippen LogP contribution in [0.15, 0.2) is 48.5 Å². The topological polar surface area (TPSA) is 58.6 Å². The molecule has 1 N–H and O–H groups in total. The number of carbonyl (C=O) groups excluding carboxylic acids is 2. The van der Waals surface area contributed by atoms with Crippen molar-refractivity contribution in [3.05, 3.63) is 59.7 Å². The van der Waals surface area contributed by atoms with E-state index in [4.69, 9.17) is 4.74 Å². The zero-order valence-corrected chi connectivity index (χ0v) is 15.3. The standard InChI is InChI=1S/C22H24N2O3/c25-21-14-18(22(26)23-11-12-27-20-7-2-1-3-8-20)15-24(21)19-10-9-16-5-4-6-17(16)13-19/h1-3,7-10,13,18H,4-6,11-12,14-15H2,(H,23,26). The summed E-state index contributed by atoms with van der Waals surface area (Å²) in [6.07, 6.45) is 3.65. The van der Waals surface area contributed by atoms with Gasteiger partial charge in [-0.15, -0.1) is 0 Å². The maximum absolute atomic E-state index is 12.4. The zero-order valence-electron chi connectivity index (χ0n) is 15.3. The Morgan fingerprint density at radius 1 is 1.11 bits per heavy atom. The molecule has 140 valence electrons. The van der Waals surface area contributed by atoms with Crippen LogP contribution in [0.3, 0.4) is 0 Å². The Morgan fingerprint density at radius 3 is 2.78 bits per heavy atom. The molecule has 2 aliphatic rings. The van der Waals surface area contributed by atoms with Gasteiger partial charge in [0.25, 0.3) is 0 Å². The van der Waals surface area contributed by atoms with Gasteiger partial charge in [-0.2, -0.15) is 0 Å². The second-order valence-corrected chi connectivity index (χ2v) is 7.16. The van der Waals surface area contributed by atoms with Gasteiger partial charge in [-0.1, -0.05) is 24.3 Å². The normalized spacial score (nSPS) is 18.4. The predicted octanol–water partition coefficient (Wildman–Crippen LogP) is 2.72. The molecule has 4 rings (SSSR count). The van der Waals surface area contributed by atoms with E-state index in [2.05, 4.69) is 17.4 Å². The van der Waals surface area contributed by atoms with Gasteiger partial charge in [-0.05, 0) is 54.7 Å². The van der Waals surface area contributed by atoms with Crippen molar-refractivity contribution in [2.75, 3.05) is 24.6 Å². The zero-order chi connectivity index (χ0) is 18.6. The number of benzene rings is 2. The van der Waals surface area contributed by atoms with Crippen molar-refractivity contribution in [3.8, 4) is 5.75 Å². The van der Waals surface area contributed by atoms with E-state index in [-0.39, 0.29) is 24.2 Å². The van der Waals surface area contributed by atoms with Gasteiger partial charge in [-0.3, -0.25) is 9.59 Å². The minimum atomic E-state index is -0.303. The molecule has 1 aliphatic heterocycles. The Labute approximate surface area is 159 Å². The van der Waals surface area contributed by atoms with Crippen LogP contribution in [0, 0.1) is 5.92 Å². The monoisotopic (exact) mass is 364 g/mol. The van der Waals surface area contributed by atoms with Crippen molar-refractivity contribution in [1.29, 1.82) is 0 Å². The molecule has 0 bridgehead atoms. The molecule has 1 unspecified atom stereocenters. The molecule has 0 aromatic heterocycles. The average Bonchev–Trinajstić information content (AvgIpc) is 3.31. The number of carbonyl (C=O) groups is 2. The predicted molar refractivity (Wildman–Crippen MR) is 104 cm³/mol. The molecule has 0 saturated carbocycles. The summed E-state index contributed by atoms with van der Waals surface area (Å²) in [6.45, 7) is 1.28. The molecule has 1 heterocycles. The molecule has 2 aromatic carbocycles. The number of fused-ring (bicyclic) bond motifs is 1. The molecular formula is C22H24N2O3. The summed E-state index contributed by atoms with van der Waals surface area (Å²) < 4.78 is 5.58. The Balaban J connectivity index is 1.29. The first-order valence-electron chi connectivity index (χ1n) is 9.58. The summed E-state index contributed by atoms with van der Waals surface area (Å²) in [5, 5.41) is 2.89. The van der Waals surface area contributed by atoms with Crippen LogP contribution in [0.4, 0.5) is 5.69 Å². The third-order valence-electron chi connectivity index (χ3n) is 5.30. The molecule has 0 radical (unpaired) electrons. The summed E-state index contributed by atoms with van der Waals surface area (Å²) >= 11 is 0. The Bertz CT molecular complexity index is 835. The number of hydrogen-bond donors (Lipinski definition) is 1. The van der Waals surface area contributed by atoms with Gasteiger partial charge in [0.2, 0.25) is 11.8 Å². The van der Waals surface area contributed by atoms with Crippen molar-refractivity contribution in [3.63, 3.8) is 0 Å². The van der Waals surface area contributed by atoms with Crippen LogP contribution in [-0.2, 0) is 22.4 Å². The molecule has 0 spiro atoms. The number of nitrogens with one attached hydrogen (secondary N) is 1. The fourth-order valence-corrected chi connectivity index (χ4v) is 3.86. The third kappa shape index (κ3) is 3.97. The van der Waals surface area contributed by atoms with Crippen LogP contribution >= 0.6 is 0 Å². The summed E-state index contributed by atoms with van der Waals surface area (Å²) in [5.41, 5.74) is 3.65.